The first kappa shape index (κ1) is 20.1. The average Bonchev–Trinajstić information content (AvgIpc) is 2.68. The average molecular weight is 450 g/mol. The van der Waals surface area contributed by atoms with Gasteiger partial charge in [-0.1, -0.05) is 46.3 Å². The molecule has 2 aromatic carbocycles. The molecule has 6 heteroatoms. The molecule has 0 bridgehead atoms. The van der Waals surface area contributed by atoms with E-state index in [0.29, 0.717) is 19.0 Å². The van der Waals surface area contributed by atoms with Gasteiger partial charge in [-0.2, -0.15) is 0 Å². The van der Waals surface area contributed by atoms with Crippen molar-refractivity contribution < 1.29 is 13.2 Å². The molecular formula is C21H24BrNO3S. The Kier molecular flexibility index (Phi) is 5.77. The second kappa shape index (κ2) is 7.76. The summed E-state index contributed by atoms with van der Waals surface area (Å²) in [5, 5.41) is 0. The van der Waals surface area contributed by atoms with Crippen molar-refractivity contribution in [2.45, 2.75) is 42.2 Å². The van der Waals surface area contributed by atoms with Gasteiger partial charge in [0.1, 0.15) is 4.75 Å². The van der Waals surface area contributed by atoms with Crippen LogP contribution in [-0.4, -0.2) is 37.1 Å². The summed E-state index contributed by atoms with van der Waals surface area (Å²) in [6, 6.07) is 16.7. The molecule has 144 valence electrons. The Morgan fingerprint density at radius 2 is 1.56 bits per heavy atom. The first-order valence-electron chi connectivity index (χ1n) is 9.08. The van der Waals surface area contributed by atoms with Gasteiger partial charge in [0.25, 0.3) is 0 Å². The van der Waals surface area contributed by atoms with Crippen LogP contribution < -0.4 is 0 Å². The third-order valence-electron chi connectivity index (χ3n) is 5.36. The SMILES string of the molecule is CC(C)(C(=O)N1CCC(c2ccccc2)CC1)S(=O)(=O)c1ccc(Br)cc1. The summed E-state index contributed by atoms with van der Waals surface area (Å²) in [5.74, 6) is 0.0957. The van der Waals surface area contributed by atoms with Gasteiger partial charge in [0.2, 0.25) is 5.91 Å². The predicted molar refractivity (Wildman–Crippen MR) is 110 cm³/mol. The van der Waals surface area contributed by atoms with E-state index < -0.39 is 14.6 Å². The lowest BCUT2D eigenvalue weighted by atomic mass is 9.89. The van der Waals surface area contributed by atoms with Crippen molar-refractivity contribution in [3.05, 3.63) is 64.6 Å². The maximum absolute atomic E-state index is 13.1. The number of nitrogens with zero attached hydrogens (tertiary/aromatic N) is 1. The molecule has 0 unspecified atom stereocenters. The molecule has 0 aromatic heterocycles. The Morgan fingerprint density at radius 1 is 1.00 bits per heavy atom. The molecule has 4 nitrogen and oxygen atoms in total. The van der Waals surface area contributed by atoms with Crippen molar-refractivity contribution in [2.24, 2.45) is 0 Å². The second-order valence-corrected chi connectivity index (χ2v) is 10.9. The molecule has 0 radical (unpaired) electrons. The first-order valence-corrected chi connectivity index (χ1v) is 11.4. The normalized spacial score (nSPS) is 16.3. The van der Waals surface area contributed by atoms with Gasteiger partial charge in [0.05, 0.1) is 4.90 Å². The number of halogens is 1. The first-order chi connectivity index (χ1) is 12.7. The Morgan fingerprint density at radius 3 is 2.11 bits per heavy atom. The lowest BCUT2D eigenvalue weighted by molar-refractivity contribution is -0.134. The largest absolute Gasteiger partial charge is 0.341 e. The van der Waals surface area contributed by atoms with Gasteiger partial charge in [-0.05, 0) is 62.4 Å². The number of carbonyl (C=O) groups excluding carboxylic acids is 1. The summed E-state index contributed by atoms with van der Waals surface area (Å²) in [4.78, 5) is 15.0. The molecule has 0 N–H and O–H groups in total. The Labute approximate surface area is 169 Å². The highest BCUT2D eigenvalue weighted by Crippen LogP contribution is 2.32. The third kappa shape index (κ3) is 3.97. The van der Waals surface area contributed by atoms with Crippen molar-refractivity contribution in [3.8, 4) is 0 Å². The van der Waals surface area contributed by atoms with Crippen LogP contribution in [0.5, 0.6) is 0 Å². The van der Waals surface area contributed by atoms with Crippen molar-refractivity contribution in [3.63, 3.8) is 0 Å². The van der Waals surface area contributed by atoms with Crippen LogP contribution in [0.25, 0.3) is 0 Å². The van der Waals surface area contributed by atoms with E-state index in [1.54, 1.807) is 17.0 Å². The molecular weight excluding hydrogens is 426 g/mol. The van der Waals surface area contributed by atoms with Gasteiger partial charge in [0, 0.05) is 17.6 Å². The molecule has 1 fully saturated rings. The molecule has 1 amide bonds. The smallest absolute Gasteiger partial charge is 0.243 e. The van der Waals surface area contributed by atoms with E-state index in [9.17, 15) is 13.2 Å². The Balaban J connectivity index is 1.74. The highest BCUT2D eigenvalue weighted by molar-refractivity contribution is 9.10. The fourth-order valence-corrected chi connectivity index (χ4v) is 5.25. The molecule has 27 heavy (non-hydrogen) atoms. The van der Waals surface area contributed by atoms with E-state index in [1.807, 2.05) is 18.2 Å². The second-order valence-electron chi connectivity index (χ2n) is 7.44. The summed E-state index contributed by atoms with van der Waals surface area (Å²) in [6.45, 7) is 4.18. The summed E-state index contributed by atoms with van der Waals surface area (Å²) < 4.78 is 25.4. The topological polar surface area (TPSA) is 54.5 Å². The van der Waals surface area contributed by atoms with Crippen LogP contribution in [0.4, 0.5) is 0 Å². The fraction of sp³-hybridized carbons (Fsp3) is 0.381. The maximum Gasteiger partial charge on any atom is 0.243 e. The molecule has 1 aliphatic heterocycles. The minimum Gasteiger partial charge on any atom is -0.341 e. The molecule has 1 saturated heterocycles. The summed E-state index contributed by atoms with van der Waals surface area (Å²) in [6.07, 6.45) is 1.70. The van der Waals surface area contributed by atoms with Crippen molar-refractivity contribution in [2.75, 3.05) is 13.1 Å². The number of sulfone groups is 1. The monoisotopic (exact) mass is 449 g/mol. The van der Waals surface area contributed by atoms with Crippen molar-refractivity contribution >= 4 is 31.7 Å². The van der Waals surface area contributed by atoms with Crippen molar-refractivity contribution in [1.82, 2.24) is 4.90 Å². The van der Waals surface area contributed by atoms with Gasteiger partial charge < -0.3 is 4.90 Å². The number of carbonyl (C=O) groups is 1. The van der Waals surface area contributed by atoms with Crippen LogP contribution in [0.15, 0.2) is 64.0 Å². The van der Waals surface area contributed by atoms with Gasteiger partial charge in [-0.3, -0.25) is 4.79 Å². The molecule has 0 atom stereocenters. The van der Waals surface area contributed by atoms with E-state index in [1.165, 1.54) is 31.5 Å². The molecule has 2 aromatic rings. The summed E-state index contributed by atoms with van der Waals surface area (Å²) in [7, 11) is -3.78. The summed E-state index contributed by atoms with van der Waals surface area (Å²) >= 11 is 3.31. The van der Waals surface area contributed by atoms with Gasteiger partial charge in [-0.15, -0.1) is 0 Å². The third-order valence-corrected chi connectivity index (χ3v) is 8.30. The number of hydrogen-bond donors (Lipinski definition) is 0. The molecule has 0 spiro atoms. The summed E-state index contributed by atoms with van der Waals surface area (Å²) in [5.41, 5.74) is 1.28. The lowest BCUT2D eigenvalue weighted by Crippen LogP contribution is -2.52. The number of benzene rings is 2. The van der Waals surface area contributed by atoms with Gasteiger partial charge in [-0.25, -0.2) is 8.42 Å². The Bertz CT molecular complexity index is 900. The number of hydrogen-bond acceptors (Lipinski definition) is 3. The minimum atomic E-state index is -3.78. The van der Waals surface area contributed by atoms with Crippen LogP contribution in [0.1, 0.15) is 38.2 Å². The van der Waals surface area contributed by atoms with Crippen LogP contribution in [0, 0.1) is 0 Å². The standard InChI is InChI=1S/C21H24BrNO3S/c1-21(2,27(25,26)19-10-8-18(22)9-11-19)20(24)23-14-12-17(13-15-23)16-6-4-3-5-7-16/h3-11,17H,12-15H2,1-2H3. The zero-order valence-corrected chi connectivity index (χ0v) is 18.0. The van der Waals surface area contributed by atoms with E-state index in [0.717, 1.165) is 17.3 Å². The van der Waals surface area contributed by atoms with Gasteiger partial charge in [0.15, 0.2) is 9.84 Å². The molecule has 3 rings (SSSR count). The van der Waals surface area contributed by atoms with E-state index in [2.05, 4.69) is 28.1 Å². The van der Waals surface area contributed by atoms with Crippen LogP contribution in [0.3, 0.4) is 0 Å². The fourth-order valence-electron chi connectivity index (χ4n) is 3.55. The maximum atomic E-state index is 13.1. The number of rotatable bonds is 4. The number of piperidine rings is 1. The highest BCUT2D eigenvalue weighted by atomic mass is 79.9. The quantitative estimate of drug-likeness (QED) is 0.694. The Hall–Kier alpha value is -1.66. The van der Waals surface area contributed by atoms with E-state index >= 15 is 0 Å². The molecule has 0 saturated carbocycles. The zero-order valence-electron chi connectivity index (χ0n) is 15.6. The molecule has 1 aliphatic rings. The molecule has 1 heterocycles. The van der Waals surface area contributed by atoms with Gasteiger partial charge >= 0.3 is 0 Å². The number of likely N-dealkylation sites (tertiary alicyclic amines) is 1. The molecule has 0 aliphatic carbocycles. The number of amides is 1. The van der Waals surface area contributed by atoms with E-state index in [4.69, 9.17) is 0 Å². The minimum absolute atomic E-state index is 0.170. The lowest BCUT2D eigenvalue weighted by Gasteiger charge is -2.36. The van der Waals surface area contributed by atoms with E-state index in [-0.39, 0.29) is 10.8 Å². The van der Waals surface area contributed by atoms with Crippen molar-refractivity contribution in [1.29, 1.82) is 0 Å². The van der Waals surface area contributed by atoms with Crippen LogP contribution in [-0.2, 0) is 14.6 Å². The predicted octanol–water partition coefficient (Wildman–Crippen LogP) is 4.41. The highest BCUT2D eigenvalue weighted by Gasteiger charge is 2.45. The van der Waals surface area contributed by atoms with Crippen LogP contribution in [0.2, 0.25) is 0 Å². The zero-order chi connectivity index (χ0) is 19.7. The van der Waals surface area contributed by atoms with Crippen LogP contribution >= 0.6 is 15.9 Å².